The predicted octanol–water partition coefficient (Wildman–Crippen LogP) is 3.33. The van der Waals surface area contributed by atoms with Crippen LogP contribution in [0.2, 0.25) is 0 Å². The number of piperidine rings is 1. The molecule has 0 aliphatic carbocycles. The topological polar surface area (TPSA) is 32.3 Å². The highest BCUT2D eigenvalue weighted by molar-refractivity contribution is 5.85. The lowest BCUT2D eigenvalue weighted by molar-refractivity contribution is -0.134. The maximum absolute atomic E-state index is 12.3. The Hall–Kier alpha value is -0.280. The Labute approximate surface area is 131 Å². The minimum atomic E-state index is 0. The molecule has 1 unspecified atom stereocenters. The third kappa shape index (κ3) is 6.45. The molecule has 0 aromatic carbocycles. The third-order valence-electron chi connectivity index (χ3n) is 4.61. The maximum Gasteiger partial charge on any atom is 0.222 e. The number of halogens is 1. The number of nitrogens with zero attached hydrogens (tertiary/aromatic N) is 1. The number of nitrogens with one attached hydrogen (secondary N) is 1. The van der Waals surface area contributed by atoms with E-state index in [-0.39, 0.29) is 17.8 Å². The first-order valence-corrected chi connectivity index (χ1v) is 7.83. The molecule has 3 nitrogen and oxygen atoms in total. The van der Waals surface area contributed by atoms with Crippen molar-refractivity contribution in [2.75, 3.05) is 26.2 Å². The molecule has 0 bridgehead atoms. The molecule has 0 radical (unpaired) electrons. The second-order valence-corrected chi connectivity index (χ2v) is 7.10. The van der Waals surface area contributed by atoms with Crippen LogP contribution in [-0.4, -0.2) is 37.0 Å². The van der Waals surface area contributed by atoms with Gasteiger partial charge in [-0.1, -0.05) is 34.6 Å². The first kappa shape index (κ1) is 19.7. The van der Waals surface area contributed by atoms with Gasteiger partial charge in [-0.15, -0.1) is 12.4 Å². The Morgan fingerprint density at radius 1 is 1.30 bits per heavy atom. The van der Waals surface area contributed by atoms with Gasteiger partial charge in [0, 0.05) is 19.5 Å². The van der Waals surface area contributed by atoms with Gasteiger partial charge in [-0.3, -0.25) is 4.79 Å². The van der Waals surface area contributed by atoms with Gasteiger partial charge < -0.3 is 10.2 Å². The van der Waals surface area contributed by atoms with Gasteiger partial charge >= 0.3 is 0 Å². The van der Waals surface area contributed by atoms with Crippen molar-refractivity contribution in [2.45, 2.75) is 53.9 Å². The molecule has 1 N–H and O–H groups in total. The summed E-state index contributed by atoms with van der Waals surface area (Å²) in [4.78, 5) is 14.4. The molecule has 1 saturated heterocycles. The zero-order valence-electron chi connectivity index (χ0n) is 13.9. The van der Waals surface area contributed by atoms with Gasteiger partial charge in [0.25, 0.3) is 0 Å². The standard InChI is InChI=1S/C16H32N2O.ClH/c1-6-17-12-14-7-9-18(10-8-14)15(19)11-13(2)16(3,4)5;/h13-14,17H,6-12H2,1-5H3;1H. The molecule has 1 fully saturated rings. The van der Waals surface area contributed by atoms with Crippen LogP contribution in [-0.2, 0) is 4.79 Å². The van der Waals surface area contributed by atoms with Crippen LogP contribution >= 0.6 is 12.4 Å². The second-order valence-electron chi connectivity index (χ2n) is 7.10. The van der Waals surface area contributed by atoms with E-state index < -0.39 is 0 Å². The van der Waals surface area contributed by atoms with Crippen molar-refractivity contribution in [3.8, 4) is 0 Å². The van der Waals surface area contributed by atoms with Crippen LogP contribution in [0, 0.1) is 17.3 Å². The van der Waals surface area contributed by atoms with Crippen molar-refractivity contribution in [1.82, 2.24) is 10.2 Å². The van der Waals surface area contributed by atoms with Crippen molar-refractivity contribution >= 4 is 18.3 Å². The summed E-state index contributed by atoms with van der Waals surface area (Å²) in [6, 6.07) is 0. The van der Waals surface area contributed by atoms with E-state index in [1.807, 2.05) is 0 Å². The van der Waals surface area contributed by atoms with Gasteiger partial charge in [0.15, 0.2) is 0 Å². The van der Waals surface area contributed by atoms with Gasteiger partial charge in [-0.2, -0.15) is 0 Å². The van der Waals surface area contributed by atoms with Crippen molar-refractivity contribution < 1.29 is 4.79 Å². The fourth-order valence-corrected chi connectivity index (χ4v) is 2.43. The molecule has 0 aromatic heterocycles. The van der Waals surface area contributed by atoms with E-state index in [0.717, 1.165) is 44.9 Å². The minimum absolute atomic E-state index is 0. The number of hydrogen-bond donors (Lipinski definition) is 1. The summed E-state index contributed by atoms with van der Waals surface area (Å²) in [5.74, 6) is 1.55. The van der Waals surface area contributed by atoms with Gasteiger partial charge in [0.2, 0.25) is 5.91 Å². The molecule has 0 spiro atoms. The van der Waals surface area contributed by atoms with Gasteiger partial charge in [0.05, 0.1) is 0 Å². The number of carbonyl (C=O) groups excluding carboxylic acids is 1. The normalized spacial score (nSPS) is 18.6. The summed E-state index contributed by atoms with van der Waals surface area (Å²) in [5.41, 5.74) is 0.221. The van der Waals surface area contributed by atoms with Gasteiger partial charge in [-0.25, -0.2) is 0 Å². The van der Waals surface area contributed by atoms with Gasteiger partial charge in [-0.05, 0) is 43.2 Å². The molecule has 1 atom stereocenters. The number of amides is 1. The van der Waals surface area contributed by atoms with E-state index in [4.69, 9.17) is 0 Å². The minimum Gasteiger partial charge on any atom is -0.343 e. The lowest BCUT2D eigenvalue weighted by atomic mass is 9.80. The zero-order chi connectivity index (χ0) is 14.5. The van der Waals surface area contributed by atoms with Gasteiger partial charge in [0.1, 0.15) is 0 Å². The average molecular weight is 305 g/mol. The Bertz CT molecular complexity index is 281. The largest absolute Gasteiger partial charge is 0.343 e. The van der Waals surface area contributed by atoms with E-state index in [9.17, 15) is 4.79 Å². The molecule has 0 aromatic rings. The molecule has 1 heterocycles. The SMILES string of the molecule is CCNCC1CCN(C(=O)CC(C)C(C)(C)C)CC1.Cl. The summed E-state index contributed by atoms with van der Waals surface area (Å²) >= 11 is 0. The molecule has 1 aliphatic rings. The first-order valence-electron chi connectivity index (χ1n) is 7.83. The van der Waals surface area contributed by atoms with Crippen LogP contribution in [0.5, 0.6) is 0 Å². The molecule has 120 valence electrons. The fourth-order valence-electron chi connectivity index (χ4n) is 2.43. The van der Waals surface area contributed by atoms with E-state index in [2.05, 4.69) is 44.8 Å². The van der Waals surface area contributed by atoms with Crippen LogP contribution in [0.4, 0.5) is 0 Å². The molecular weight excluding hydrogens is 272 g/mol. The van der Waals surface area contributed by atoms with Crippen molar-refractivity contribution in [3.05, 3.63) is 0 Å². The Morgan fingerprint density at radius 2 is 1.85 bits per heavy atom. The number of likely N-dealkylation sites (tertiary alicyclic amines) is 1. The highest BCUT2D eigenvalue weighted by Crippen LogP contribution is 2.29. The summed E-state index contributed by atoms with van der Waals surface area (Å²) in [5, 5.41) is 3.41. The van der Waals surface area contributed by atoms with E-state index in [1.165, 1.54) is 0 Å². The number of hydrogen-bond acceptors (Lipinski definition) is 2. The molecule has 1 aliphatic heterocycles. The number of rotatable bonds is 5. The van der Waals surface area contributed by atoms with Crippen LogP contribution in [0.15, 0.2) is 0 Å². The van der Waals surface area contributed by atoms with E-state index in [1.54, 1.807) is 0 Å². The van der Waals surface area contributed by atoms with Crippen molar-refractivity contribution in [3.63, 3.8) is 0 Å². The first-order chi connectivity index (χ1) is 8.84. The fraction of sp³-hybridized carbons (Fsp3) is 0.938. The molecule has 1 rings (SSSR count). The summed E-state index contributed by atoms with van der Waals surface area (Å²) < 4.78 is 0. The van der Waals surface area contributed by atoms with Crippen LogP contribution < -0.4 is 5.32 Å². The monoisotopic (exact) mass is 304 g/mol. The predicted molar refractivity (Wildman–Crippen MR) is 88.3 cm³/mol. The average Bonchev–Trinajstić information content (AvgIpc) is 2.35. The smallest absolute Gasteiger partial charge is 0.222 e. The Balaban J connectivity index is 0.00000361. The molecule has 20 heavy (non-hydrogen) atoms. The Morgan fingerprint density at radius 3 is 2.30 bits per heavy atom. The second kappa shape index (κ2) is 8.89. The van der Waals surface area contributed by atoms with Crippen LogP contribution in [0.1, 0.15) is 53.9 Å². The van der Waals surface area contributed by atoms with Crippen LogP contribution in [0.25, 0.3) is 0 Å². The molecule has 0 saturated carbocycles. The summed E-state index contributed by atoms with van der Waals surface area (Å²) in [6.45, 7) is 15.0. The van der Waals surface area contributed by atoms with Crippen molar-refractivity contribution in [1.29, 1.82) is 0 Å². The maximum atomic E-state index is 12.3. The van der Waals surface area contributed by atoms with Crippen LogP contribution in [0.3, 0.4) is 0 Å². The third-order valence-corrected chi connectivity index (χ3v) is 4.61. The summed E-state index contributed by atoms with van der Waals surface area (Å²) in [7, 11) is 0. The highest BCUT2D eigenvalue weighted by Gasteiger charge is 2.27. The van der Waals surface area contributed by atoms with Crippen molar-refractivity contribution in [2.24, 2.45) is 17.3 Å². The highest BCUT2D eigenvalue weighted by atomic mass is 35.5. The quantitative estimate of drug-likeness (QED) is 0.845. The Kier molecular flexibility index (Phi) is 8.76. The molecular formula is C16H33ClN2O. The zero-order valence-corrected chi connectivity index (χ0v) is 14.7. The summed E-state index contributed by atoms with van der Waals surface area (Å²) in [6.07, 6.45) is 3.01. The van der Waals surface area contributed by atoms with E-state index in [0.29, 0.717) is 18.2 Å². The lowest BCUT2D eigenvalue weighted by Gasteiger charge is -2.34. The number of carbonyl (C=O) groups is 1. The molecule has 4 heteroatoms. The lowest BCUT2D eigenvalue weighted by Crippen LogP contribution is -2.41. The van der Waals surface area contributed by atoms with E-state index >= 15 is 0 Å². The molecule has 1 amide bonds.